The van der Waals surface area contributed by atoms with E-state index in [-0.39, 0.29) is 24.4 Å². The quantitative estimate of drug-likeness (QED) is 0.605. The summed E-state index contributed by atoms with van der Waals surface area (Å²) in [5.74, 6) is -1.20. The van der Waals surface area contributed by atoms with Crippen LogP contribution in [0.3, 0.4) is 0 Å². The molecule has 2 aromatic rings. The van der Waals surface area contributed by atoms with Crippen LogP contribution >= 0.6 is 11.3 Å². The van der Waals surface area contributed by atoms with Gasteiger partial charge < -0.3 is 9.90 Å². The second-order valence-corrected chi connectivity index (χ2v) is 4.06. The number of thiophene rings is 1. The van der Waals surface area contributed by atoms with Gasteiger partial charge >= 0.3 is 18.9 Å². The number of carbonyl (C=O) groups is 1. The molecule has 5 heteroatoms. The zero-order valence-electron chi connectivity index (χ0n) is 9.14. The van der Waals surface area contributed by atoms with E-state index in [1.165, 1.54) is 23.5 Å². The van der Waals surface area contributed by atoms with Crippen LogP contribution in [0, 0.1) is 11.3 Å². The number of carboxylic acid groups (broad SMARTS) is 1. The number of benzene rings is 1. The first-order valence-corrected chi connectivity index (χ1v) is 5.39. The smallest absolute Gasteiger partial charge is 0.545 e. The van der Waals surface area contributed by atoms with E-state index in [2.05, 4.69) is 6.07 Å². The molecule has 1 heterocycles. The van der Waals surface area contributed by atoms with Crippen molar-refractivity contribution < 1.29 is 28.8 Å². The first kappa shape index (κ1) is 13.5. The van der Waals surface area contributed by atoms with Gasteiger partial charge in [-0.1, -0.05) is 24.3 Å². The third-order valence-corrected chi connectivity index (χ3v) is 3.02. The van der Waals surface area contributed by atoms with E-state index in [9.17, 15) is 9.90 Å². The molecule has 1 aromatic heterocycles. The van der Waals surface area contributed by atoms with Crippen LogP contribution in [0.4, 0.5) is 0 Å². The number of hydrogen-bond donors (Lipinski definition) is 0. The molecule has 0 radical (unpaired) electrons. The van der Waals surface area contributed by atoms with Gasteiger partial charge in [-0.05, 0) is 22.6 Å². The van der Waals surface area contributed by atoms with Crippen LogP contribution in [-0.2, 0) is 0 Å². The summed E-state index contributed by atoms with van der Waals surface area (Å²) < 4.78 is 0. The van der Waals surface area contributed by atoms with Crippen molar-refractivity contribution in [2.45, 2.75) is 0 Å². The molecule has 0 spiro atoms. The summed E-state index contributed by atoms with van der Waals surface area (Å²) in [6.45, 7) is 0. The maximum absolute atomic E-state index is 10.6. The summed E-state index contributed by atoms with van der Waals surface area (Å²) in [5.41, 5.74) is 1.80. The van der Waals surface area contributed by atoms with Gasteiger partial charge in [-0.2, -0.15) is 5.26 Å². The second-order valence-electron chi connectivity index (χ2n) is 3.14. The van der Waals surface area contributed by atoms with Gasteiger partial charge in [0.2, 0.25) is 0 Å². The Bertz CT molecular complexity index is 569. The molecule has 78 valence electrons. The Morgan fingerprint density at radius 2 is 1.88 bits per heavy atom. The molecular weight excluding hydrogens is 229 g/mol. The summed E-state index contributed by atoms with van der Waals surface area (Å²) in [6, 6.07) is 10.2. The van der Waals surface area contributed by atoms with Crippen molar-refractivity contribution in [3.8, 4) is 17.2 Å². The van der Waals surface area contributed by atoms with Gasteiger partial charge in [0, 0.05) is 5.56 Å². The van der Waals surface area contributed by atoms with Crippen molar-refractivity contribution in [3.63, 3.8) is 0 Å². The van der Waals surface area contributed by atoms with Crippen LogP contribution in [0.15, 0.2) is 35.7 Å². The predicted octanol–water partition coefficient (Wildman–Crippen LogP) is -1.35. The Labute approximate surface area is 115 Å². The summed E-state index contributed by atoms with van der Waals surface area (Å²) in [5, 5.41) is 21.3. The Morgan fingerprint density at radius 3 is 2.41 bits per heavy atom. The number of nitrogens with zero attached hydrogens (tertiary/aromatic N) is 1. The minimum Gasteiger partial charge on any atom is -0.545 e. The van der Waals surface area contributed by atoms with Gasteiger partial charge in [0.15, 0.2) is 0 Å². The fourth-order valence-corrected chi connectivity index (χ4v) is 2.11. The summed E-state index contributed by atoms with van der Waals surface area (Å²) in [6.07, 6.45) is 0. The number of hydrogen-bond acceptors (Lipinski definition) is 4. The summed E-state index contributed by atoms with van der Waals surface area (Å²) in [4.78, 5) is 11.2. The van der Waals surface area contributed by atoms with E-state index in [0.29, 0.717) is 4.88 Å². The average molecular weight is 235 g/mol. The fraction of sp³-hybridized carbons (Fsp3) is 0. The molecule has 0 aliphatic rings. The van der Waals surface area contributed by atoms with Crippen LogP contribution in [0.1, 0.15) is 15.2 Å². The number of carboxylic acids is 1. The van der Waals surface area contributed by atoms with Crippen molar-refractivity contribution in [1.29, 1.82) is 5.26 Å². The predicted molar refractivity (Wildman–Crippen MR) is 58.8 cm³/mol. The van der Waals surface area contributed by atoms with Gasteiger partial charge in [0.1, 0.15) is 10.9 Å². The molecule has 2 rings (SSSR count). The minimum absolute atomic E-state index is 0. The largest absolute Gasteiger partial charge is 1.00 e. The van der Waals surface area contributed by atoms with Crippen molar-refractivity contribution in [2.75, 3.05) is 0 Å². The Morgan fingerprint density at radius 1 is 1.24 bits per heavy atom. The third kappa shape index (κ3) is 2.78. The zero-order valence-corrected chi connectivity index (χ0v) is 9.95. The standard InChI is InChI=1S/C12H7NO2S.Li/c13-7-11-10(5-6-16-11)8-1-3-9(4-2-8)12(14)15;/h1-6H,(H,14,15);/q;+1/p-1. The topological polar surface area (TPSA) is 63.9 Å². The monoisotopic (exact) mass is 235 g/mol. The molecule has 1 aromatic carbocycles. The van der Waals surface area contributed by atoms with E-state index in [1.54, 1.807) is 12.1 Å². The van der Waals surface area contributed by atoms with E-state index in [0.717, 1.165) is 11.1 Å². The molecule has 0 bridgehead atoms. The van der Waals surface area contributed by atoms with Crippen molar-refractivity contribution in [1.82, 2.24) is 0 Å². The number of carbonyl (C=O) groups excluding carboxylic acids is 1. The van der Waals surface area contributed by atoms with Gasteiger partial charge in [0.05, 0.1) is 5.97 Å². The molecule has 0 aliphatic carbocycles. The Hall–Kier alpha value is -1.52. The van der Waals surface area contributed by atoms with E-state index < -0.39 is 5.97 Å². The van der Waals surface area contributed by atoms with Crippen LogP contribution < -0.4 is 24.0 Å². The number of rotatable bonds is 2. The van der Waals surface area contributed by atoms with Gasteiger partial charge in [0.25, 0.3) is 0 Å². The fourth-order valence-electron chi connectivity index (χ4n) is 1.41. The average Bonchev–Trinajstić information content (AvgIpc) is 2.77. The molecule has 0 saturated carbocycles. The van der Waals surface area contributed by atoms with Gasteiger partial charge in [-0.25, -0.2) is 0 Å². The van der Waals surface area contributed by atoms with Crippen LogP contribution in [0.25, 0.3) is 11.1 Å². The van der Waals surface area contributed by atoms with Gasteiger partial charge in [-0.15, -0.1) is 11.3 Å². The van der Waals surface area contributed by atoms with Crippen LogP contribution in [0.5, 0.6) is 0 Å². The SMILES string of the molecule is N#Cc1sccc1-c1ccc(C(=O)[O-])cc1.[Li+]. The molecule has 17 heavy (non-hydrogen) atoms. The first-order valence-electron chi connectivity index (χ1n) is 4.52. The molecule has 0 N–H and O–H groups in total. The van der Waals surface area contributed by atoms with Gasteiger partial charge in [-0.3, -0.25) is 0 Å². The molecule has 3 nitrogen and oxygen atoms in total. The zero-order chi connectivity index (χ0) is 11.5. The van der Waals surface area contributed by atoms with E-state index in [1.807, 2.05) is 11.4 Å². The molecule has 0 saturated heterocycles. The molecule has 0 fully saturated rings. The maximum Gasteiger partial charge on any atom is 1.00 e. The Kier molecular flexibility index (Phi) is 4.54. The summed E-state index contributed by atoms with van der Waals surface area (Å²) >= 11 is 1.37. The van der Waals surface area contributed by atoms with E-state index in [4.69, 9.17) is 5.26 Å². The van der Waals surface area contributed by atoms with Crippen molar-refractivity contribution >= 4 is 17.3 Å². The number of nitriles is 1. The molecule has 0 aliphatic heterocycles. The molecule has 0 unspecified atom stereocenters. The maximum atomic E-state index is 10.6. The van der Waals surface area contributed by atoms with Crippen LogP contribution in [0.2, 0.25) is 0 Å². The minimum atomic E-state index is -1.20. The number of aromatic carboxylic acids is 1. The van der Waals surface area contributed by atoms with Crippen molar-refractivity contribution in [3.05, 3.63) is 46.2 Å². The second kappa shape index (κ2) is 5.70. The molecular formula is C12H6LiNO2S. The Balaban J connectivity index is 0.00000144. The summed E-state index contributed by atoms with van der Waals surface area (Å²) in [7, 11) is 0. The molecule has 0 atom stereocenters. The third-order valence-electron chi connectivity index (χ3n) is 2.20. The first-order chi connectivity index (χ1) is 7.72. The van der Waals surface area contributed by atoms with E-state index >= 15 is 0 Å². The normalized spacial score (nSPS) is 9.12. The van der Waals surface area contributed by atoms with Crippen molar-refractivity contribution in [2.24, 2.45) is 0 Å². The van der Waals surface area contributed by atoms with Crippen LogP contribution in [-0.4, -0.2) is 5.97 Å². The molecule has 0 amide bonds.